The van der Waals surface area contributed by atoms with Gasteiger partial charge >= 0.3 is 0 Å². The maximum absolute atomic E-state index is 13.0. The highest BCUT2D eigenvalue weighted by atomic mass is 32.2. The fourth-order valence-corrected chi connectivity index (χ4v) is 6.22. The van der Waals surface area contributed by atoms with Crippen LogP contribution in [0.15, 0.2) is 28.2 Å². The number of hydrogen-bond donors (Lipinski definition) is 3. The Bertz CT molecular complexity index is 1430. The fourth-order valence-electron chi connectivity index (χ4n) is 4.44. The van der Waals surface area contributed by atoms with Crippen molar-refractivity contribution in [1.29, 1.82) is 0 Å². The van der Waals surface area contributed by atoms with Crippen molar-refractivity contribution in [3.63, 3.8) is 0 Å². The Morgan fingerprint density at radius 3 is 2.76 bits per heavy atom. The summed E-state index contributed by atoms with van der Waals surface area (Å²) in [6.07, 6.45) is 4.79. The van der Waals surface area contributed by atoms with E-state index >= 15 is 0 Å². The lowest BCUT2D eigenvalue weighted by Gasteiger charge is -2.08. The molecule has 0 spiro atoms. The number of aromatic amines is 2. The molecule has 1 aromatic carbocycles. The molecular weight excluding hydrogens is 468 g/mol. The molecule has 3 N–H and O–H groups in total. The quantitative estimate of drug-likeness (QED) is 0.316. The number of thioether (sulfide) groups is 1. The summed E-state index contributed by atoms with van der Waals surface area (Å²) < 4.78 is 0. The second kappa shape index (κ2) is 9.34. The summed E-state index contributed by atoms with van der Waals surface area (Å²) >= 11 is 2.67. The van der Waals surface area contributed by atoms with E-state index < -0.39 is 0 Å². The molecule has 0 saturated heterocycles. The van der Waals surface area contributed by atoms with Crippen molar-refractivity contribution in [2.75, 3.05) is 5.32 Å². The van der Waals surface area contributed by atoms with E-state index in [1.165, 1.54) is 35.9 Å². The average molecular weight is 495 g/mol. The van der Waals surface area contributed by atoms with Crippen molar-refractivity contribution in [2.45, 2.75) is 63.3 Å². The second-order valence-electron chi connectivity index (χ2n) is 8.79. The number of benzene rings is 1. The molecule has 0 bridgehead atoms. The van der Waals surface area contributed by atoms with Crippen LogP contribution >= 0.6 is 23.1 Å². The second-order valence-corrected chi connectivity index (χ2v) is 10.7. The highest BCUT2D eigenvalue weighted by Crippen LogP contribution is 2.33. The molecule has 1 amide bonds. The lowest BCUT2D eigenvalue weighted by atomic mass is 10.1. The minimum Gasteiger partial charge on any atom is -0.321 e. The van der Waals surface area contributed by atoms with Crippen LogP contribution in [0, 0.1) is 20.8 Å². The minimum absolute atomic E-state index is 0.233. The van der Waals surface area contributed by atoms with Gasteiger partial charge in [-0.05, 0) is 50.8 Å². The van der Waals surface area contributed by atoms with E-state index in [-0.39, 0.29) is 11.5 Å². The third-order valence-corrected chi connectivity index (χ3v) is 8.29. The van der Waals surface area contributed by atoms with Crippen LogP contribution in [0.25, 0.3) is 10.2 Å². The molecule has 5 rings (SSSR count). The first-order valence-corrected chi connectivity index (χ1v) is 13.1. The number of fused-ring (bicyclic) bond motifs is 1. The molecule has 1 aliphatic carbocycles. The van der Waals surface area contributed by atoms with Crippen LogP contribution in [-0.2, 0) is 5.75 Å². The minimum atomic E-state index is -0.235. The third-order valence-electron chi connectivity index (χ3n) is 6.25. The lowest BCUT2D eigenvalue weighted by Crippen LogP contribution is -2.13. The first-order chi connectivity index (χ1) is 16.4. The number of aryl methyl sites for hydroxylation is 3. The number of nitrogens with zero attached hydrogens (tertiary/aromatic N) is 3. The molecule has 176 valence electrons. The zero-order valence-corrected chi connectivity index (χ0v) is 21.0. The Labute approximate surface area is 205 Å². The number of H-pyrrole nitrogens is 2. The number of hydrogen-bond acceptors (Lipinski definition) is 7. The smallest absolute Gasteiger partial charge is 0.266 e. The number of thiophene rings is 1. The maximum Gasteiger partial charge on any atom is 0.266 e. The van der Waals surface area contributed by atoms with Crippen molar-refractivity contribution < 1.29 is 4.79 Å². The van der Waals surface area contributed by atoms with E-state index in [4.69, 9.17) is 0 Å². The number of nitrogens with one attached hydrogen (secondary N) is 3. The van der Waals surface area contributed by atoms with Crippen LogP contribution in [0.5, 0.6) is 0 Å². The monoisotopic (exact) mass is 494 g/mol. The van der Waals surface area contributed by atoms with Crippen LogP contribution in [0.4, 0.5) is 5.69 Å². The summed E-state index contributed by atoms with van der Waals surface area (Å²) in [4.78, 5) is 39.0. The summed E-state index contributed by atoms with van der Waals surface area (Å²) in [6, 6.07) is 5.88. The Morgan fingerprint density at radius 1 is 1.21 bits per heavy atom. The molecule has 34 heavy (non-hydrogen) atoms. The van der Waals surface area contributed by atoms with Gasteiger partial charge in [0, 0.05) is 11.6 Å². The van der Waals surface area contributed by atoms with Gasteiger partial charge in [0.2, 0.25) is 5.16 Å². The Morgan fingerprint density at radius 2 is 2.00 bits per heavy atom. The van der Waals surface area contributed by atoms with Crippen molar-refractivity contribution in [3.05, 3.63) is 61.8 Å². The predicted molar refractivity (Wildman–Crippen MR) is 136 cm³/mol. The van der Waals surface area contributed by atoms with E-state index in [2.05, 4.69) is 30.5 Å². The van der Waals surface area contributed by atoms with Crippen LogP contribution in [0.1, 0.15) is 69.6 Å². The molecule has 0 radical (unpaired) electrons. The van der Waals surface area contributed by atoms with Crippen LogP contribution < -0.4 is 10.9 Å². The summed E-state index contributed by atoms with van der Waals surface area (Å²) in [5.74, 6) is 2.16. The number of amides is 1. The summed E-state index contributed by atoms with van der Waals surface area (Å²) in [7, 11) is 0. The molecule has 0 aliphatic heterocycles. The van der Waals surface area contributed by atoms with Gasteiger partial charge in [-0.2, -0.15) is 0 Å². The number of rotatable bonds is 6. The zero-order chi connectivity index (χ0) is 23.8. The number of anilines is 1. The van der Waals surface area contributed by atoms with E-state index in [1.54, 1.807) is 6.92 Å². The van der Waals surface area contributed by atoms with Crippen LogP contribution in [-0.4, -0.2) is 31.1 Å². The molecule has 3 heterocycles. The molecule has 1 aliphatic rings. The third kappa shape index (κ3) is 4.52. The van der Waals surface area contributed by atoms with Gasteiger partial charge in [0.25, 0.3) is 11.5 Å². The Hall–Kier alpha value is -2.98. The van der Waals surface area contributed by atoms with Gasteiger partial charge in [0.15, 0.2) is 0 Å². The SMILES string of the molecule is Cc1ccc(NC(=O)c2sc3nc(CSc4n[nH]c(C5CCCC5)n4)[nH]c(=O)c3c2C)c(C)c1. The van der Waals surface area contributed by atoms with E-state index in [0.717, 1.165) is 35.5 Å². The molecule has 3 aromatic heterocycles. The predicted octanol–water partition coefficient (Wildman–Crippen LogP) is 5.23. The molecule has 10 heteroatoms. The fraction of sp³-hybridized carbons (Fsp3) is 0.375. The number of carbonyl (C=O) groups excluding carboxylic acids is 1. The van der Waals surface area contributed by atoms with Crippen LogP contribution in [0.2, 0.25) is 0 Å². The van der Waals surface area contributed by atoms with Crippen LogP contribution in [0.3, 0.4) is 0 Å². The number of carbonyl (C=O) groups is 1. The van der Waals surface area contributed by atoms with Gasteiger partial charge in [-0.25, -0.2) is 9.97 Å². The Kier molecular flexibility index (Phi) is 6.26. The first-order valence-electron chi connectivity index (χ1n) is 11.3. The van der Waals surface area contributed by atoms with E-state index in [9.17, 15) is 9.59 Å². The van der Waals surface area contributed by atoms with Crippen molar-refractivity contribution in [1.82, 2.24) is 25.1 Å². The van der Waals surface area contributed by atoms with E-state index in [0.29, 0.717) is 43.3 Å². The molecule has 1 fully saturated rings. The highest BCUT2D eigenvalue weighted by molar-refractivity contribution is 7.98. The molecule has 0 atom stereocenters. The van der Waals surface area contributed by atoms with Gasteiger partial charge in [0.05, 0.1) is 16.0 Å². The van der Waals surface area contributed by atoms with Gasteiger partial charge < -0.3 is 10.3 Å². The molecule has 8 nitrogen and oxygen atoms in total. The van der Waals surface area contributed by atoms with Gasteiger partial charge in [-0.3, -0.25) is 14.7 Å². The van der Waals surface area contributed by atoms with Gasteiger partial charge in [0.1, 0.15) is 16.5 Å². The Balaban J connectivity index is 1.34. The normalized spacial score (nSPS) is 14.2. The lowest BCUT2D eigenvalue weighted by molar-refractivity contribution is 0.103. The molecule has 1 saturated carbocycles. The topological polar surface area (TPSA) is 116 Å². The molecule has 0 unspecified atom stereocenters. The zero-order valence-electron chi connectivity index (χ0n) is 19.3. The standard InChI is InChI=1S/C24H26N6O2S2/c1-12-8-9-16(13(2)10-12)25-22(32)19-14(3)18-21(31)26-17(27-23(18)34-19)11-33-24-28-20(29-30-24)15-6-4-5-7-15/h8-10,15H,4-7,11H2,1-3H3,(H,25,32)(H,26,27,31)(H,28,29,30). The summed E-state index contributed by atoms with van der Waals surface area (Å²) in [6.45, 7) is 5.76. The van der Waals surface area contributed by atoms with Gasteiger partial charge in [-0.15, -0.1) is 16.4 Å². The average Bonchev–Trinajstić information content (AvgIpc) is 3.54. The van der Waals surface area contributed by atoms with Crippen molar-refractivity contribution in [2.24, 2.45) is 0 Å². The summed E-state index contributed by atoms with van der Waals surface area (Å²) in [5.41, 5.74) is 3.29. The maximum atomic E-state index is 13.0. The van der Waals surface area contributed by atoms with Gasteiger partial charge in [-0.1, -0.05) is 42.3 Å². The molecular formula is C24H26N6O2S2. The molecule has 4 aromatic rings. The summed E-state index contributed by atoms with van der Waals surface area (Å²) in [5, 5.41) is 11.5. The largest absolute Gasteiger partial charge is 0.321 e. The number of aromatic nitrogens is 5. The van der Waals surface area contributed by atoms with E-state index in [1.807, 2.05) is 32.0 Å². The first kappa shape index (κ1) is 22.8. The van der Waals surface area contributed by atoms with Crippen molar-refractivity contribution in [3.8, 4) is 0 Å². The highest BCUT2D eigenvalue weighted by Gasteiger charge is 2.22. The van der Waals surface area contributed by atoms with Crippen molar-refractivity contribution >= 4 is 44.9 Å².